The number of aromatic amines is 1. The Morgan fingerprint density at radius 3 is 3.00 bits per heavy atom. The van der Waals surface area contributed by atoms with Gasteiger partial charge in [-0.2, -0.15) is 0 Å². The van der Waals surface area contributed by atoms with Gasteiger partial charge in [0.05, 0.1) is 19.3 Å². The summed E-state index contributed by atoms with van der Waals surface area (Å²) in [5.74, 6) is 0.843. The van der Waals surface area contributed by atoms with Crippen LogP contribution >= 0.6 is 0 Å². The predicted octanol–water partition coefficient (Wildman–Crippen LogP) is 3.02. The number of aliphatic imine (C=N–C) groups is 1. The van der Waals surface area contributed by atoms with Crippen LogP contribution in [0, 0.1) is 0 Å². The summed E-state index contributed by atoms with van der Waals surface area (Å²) < 4.78 is 11.3. The molecule has 0 radical (unpaired) electrons. The third kappa shape index (κ3) is 5.49. The van der Waals surface area contributed by atoms with Crippen LogP contribution in [0.15, 0.2) is 29.4 Å². The van der Waals surface area contributed by atoms with E-state index in [9.17, 15) is 0 Å². The molecule has 2 atom stereocenters. The number of guanidine groups is 1. The summed E-state index contributed by atoms with van der Waals surface area (Å²) in [6.07, 6.45) is 5.30. The van der Waals surface area contributed by atoms with Gasteiger partial charge in [-0.1, -0.05) is 25.1 Å². The van der Waals surface area contributed by atoms with Crippen LogP contribution in [0.5, 0.6) is 0 Å². The van der Waals surface area contributed by atoms with E-state index in [4.69, 9.17) is 14.5 Å². The summed E-state index contributed by atoms with van der Waals surface area (Å²) in [5.41, 5.74) is 3.95. The Balaban J connectivity index is 1.54. The Morgan fingerprint density at radius 1 is 1.36 bits per heavy atom. The highest BCUT2D eigenvalue weighted by atomic mass is 16.5. The van der Waals surface area contributed by atoms with E-state index < -0.39 is 0 Å². The maximum absolute atomic E-state index is 5.90. The normalized spacial score (nSPS) is 18.5. The summed E-state index contributed by atoms with van der Waals surface area (Å²) in [4.78, 5) is 8.20. The van der Waals surface area contributed by atoms with E-state index in [-0.39, 0.29) is 12.1 Å². The Hall–Kier alpha value is -2.05. The van der Waals surface area contributed by atoms with Crippen molar-refractivity contribution in [1.29, 1.82) is 0 Å². The molecule has 154 valence electrons. The van der Waals surface area contributed by atoms with Crippen LogP contribution in [0.2, 0.25) is 0 Å². The number of aryl methyl sites for hydroxylation is 1. The number of rotatable bonds is 9. The maximum atomic E-state index is 5.90. The Morgan fingerprint density at radius 2 is 2.25 bits per heavy atom. The van der Waals surface area contributed by atoms with Crippen molar-refractivity contribution in [1.82, 2.24) is 15.6 Å². The molecule has 6 nitrogen and oxygen atoms in total. The second kappa shape index (κ2) is 10.5. The zero-order chi connectivity index (χ0) is 19.8. The van der Waals surface area contributed by atoms with Crippen molar-refractivity contribution in [2.24, 2.45) is 4.99 Å². The first kappa shape index (κ1) is 20.7. The number of aromatic nitrogens is 1. The SMILES string of the molecule is CCNC(=NCCc1c[nH]c2c(CC)cccc12)NC(C)COC1CCOC1. The lowest BCUT2D eigenvalue weighted by atomic mass is 10.1. The fourth-order valence-corrected chi connectivity index (χ4v) is 3.58. The van der Waals surface area contributed by atoms with E-state index in [2.05, 4.69) is 60.8 Å². The van der Waals surface area contributed by atoms with Gasteiger partial charge in [-0.15, -0.1) is 0 Å². The van der Waals surface area contributed by atoms with Gasteiger partial charge in [0.2, 0.25) is 0 Å². The number of benzene rings is 1. The highest BCUT2D eigenvalue weighted by Crippen LogP contribution is 2.22. The van der Waals surface area contributed by atoms with Gasteiger partial charge in [0.15, 0.2) is 5.96 Å². The number of para-hydroxylation sites is 1. The molecule has 1 saturated heterocycles. The minimum absolute atomic E-state index is 0.193. The molecule has 3 rings (SSSR count). The number of nitrogens with one attached hydrogen (secondary N) is 3. The van der Waals surface area contributed by atoms with Gasteiger partial charge < -0.3 is 25.1 Å². The molecule has 0 aliphatic carbocycles. The number of hydrogen-bond acceptors (Lipinski definition) is 3. The standard InChI is InChI=1S/C22H34N4O2/c1-4-17-7-6-8-20-18(13-25-21(17)20)9-11-24-22(23-5-2)26-16(3)14-28-19-10-12-27-15-19/h6-8,13,16,19,25H,4-5,9-12,14-15H2,1-3H3,(H2,23,24,26). The molecule has 1 aromatic heterocycles. The molecule has 2 aromatic rings. The first-order valence-corrected chi connectivity index (χ1v) is 10.5. The summed E-state index contributed by atoms with van der Waals surface area (Å²) in [6, 6.07) is 6.72. The van der Waals surface area contributed by atoms with Crippen molar-refractivity contribution in [3.8, 4) is 0 Å². The summed E-state index contributed by atoms with van der Waals surface area (Å²) in [5, 5.41) is 8.08. The van der Waals surface area contributed by atoms with Crippen LogP contribution in [0.25, 0.3) is 10.9 Å². The quantitative estimate of drug-likeness (QED) is 0.458. The van der Waals surface area contributed by atoms with Gasteiger partial charge in [-0.3, -0.25) is 4.99 Å². The smallest absolute Gasteiger partial charge is 0.191 e. The van der Waals surface area contributed by atoms with Crippen molar-refractivity contribution in [3.05, 3.63) is 35.5 Å². The molecule has 1 aliphatic rings. The molecular formula is C22H34N4O2. The molecule has 1 fully saturated rings. The van der Waals surface area contributed by atoms with Gasteiger partial charge in [0.25, 0.3) is 0 Å². The number of nitrogens with zero attached hydrogens (tertiary/aromatic N) is 1. The zero-order valence-corrected chi connectivity index (χ0v) is 17.4. The first-order chi connectivity index (χ1) is 13.7. The molecule has 2 heterocycles. The second-order valence-electron chi connectivity index (χ2n) is 7.38. The lowest BCUT2D eigenvalue weighted by Gasteiger charge is -2.19. The minimum atomic E-state index is 0.193. The first-order valence-electron chi connectivity index (χ1n) is 10.5. The third-order valence-corrected chi connectivity index (χ3v) is 5.12. The van der Waals surface area contributed by atoms with E-state index >= 15 is 0 Å². The highest BCUT2D eigenvalue weighted by Gasteiger charge is 2.17. The van der Waals surface area contributed by atoms with Crippen LogP contribution in [-0.4, -0.2) is 56.0 Å². The molecule has 0 saturated carbocycles. The molecule has 2 unspecified atom stereocenters. The number of hydrogen-bond donors (Lipinski definition) is 3. The second-order valence-corrected chi connectivity index (χ2v) is 7.38. The fraction of sp³-hybridized carbons (Fsp3) is 0.591. The number of ether oxygens (including phenoxy) is 2. The minimum Gasteiger partial charge on any atom is -0.379 e. The van der Waals surface area contributed by atoms with Gasteiger partial charge in [-0.05, 0) is 44.2 Å². The molecule has 6 heteroatoms. The topological polar surface area (TPSA) is 70.7 Å². The van der Waals surface area contributed by atoms with E-state index in [0.717, 1.165) is 44.9 Å². The van der Waals surface area contributed by atoms with Crippen molar-refractivity contribution >= 4 is 16.9 Å². The number of H-pyrrole nitrogens is 1. The summed E-state index contributed by atoms with van der Waals surface area (Å²) in [6.45, 7) is 10.1. The van der Waals surface area contributed by atoms with Gasteiger partial charge in [0.1, 0.15) is 0 Å². The van der Waals surface area contributed by atoms with E-state index in [1.807, 2.05) is 0 Å². The van der Waals surface area contributed by atoms with Crippen LogP contribution < -0.4 is 10.6 Å². The van der Waals surface area contributed by atoms with Crippen molar-refractivity contribution < 1.29 is 9.47 Å². The molecule has 1 aliphatic heterocycles. The lowest BCUT2D eigenvalue weighted by Crippen LogP contribution is -2.44. The average molecular weight is 387 g/mol. The van der Waals surface area contributed by atoms with Crippen molar-refractivity contribution in [2.45, 2.75) is 52.2 Å². The lowest BCUT2D eigenvalue weighted by molar-refractivity contribution is 0.0347. The largest absolute Gasteiger partial charge is 0.379 e. The molecule has 3 N–H and O–H groups in total. The van der Waals surface area contributed by atoms with Gasteiger partial charge >= 0.3 is 0 Å². The number of fused-ring (bicyclic) bond motifs is 1. The Labute approximate surface area is 168 Å². The van der Waals surface area contributed by atoms with Gasteiger partial charge in [0, 0.05) is 42.8 Å². The van der Waals surface area contributed by atoms with Crippen LogP contribution in [-0.2, 0) is 22.3 Å². The summed E-state index contributed by atoms with van der Waals surface area (Å²) in [7, 11) is 0. The highest BCUT2D eigenvalue weighted by molar-refractivity contribution is 5.86. The van der Waals surface area contributed by atoms with Crippen LogP contribution in [0.1, 0.15) is 38.3 Å². The molecule has 1 aromatic carbocycles. The maximum Gasteiger partial charge on any atom is 0.191 e. The fourth-order valence-electron chi connectivity index (χ4n) is 3.58. The molecule has 0 spiro atoms. The van der Waals surface area contributed by atoms with Crippen molar-refractivity contribution in [2.75, 3.05) is 32.9 Å². The Kier molecular flexibility index (Phi) is 7.74. The molecule has 0 amide bonds. The predicted molar refractivity (Wildman–Crippen MR) is 115 cm³/mol. The molecular weight excluding hydrogens is 352 g/mol. The van der Waals surface area contributed by atoms with E-state index in [1.165, 1.54) is 22.0 Å². The monoisotopic (exact) mass is 386 g/mol. The van der Waals surface area contributed by atoms with E-state index in [0.29, 0.717) is 13.2 Å². The average Bonchev–Trinajstić information content (AvgIpc) is 3.36. The van der Waals surface area contributed by atoms with Crippen LogP contribution in [0.4, 0.5) is 0 Å². The van der Waals surface area contributed by atoms with Crippen molar-refractivity contribution in [3.63, 3.8) is 0 Å². The zero-order valence-electron chi connectivity index (χ0n) is 17.4. The molecule has 0 bridgehead atoms. The van der Waals surface area contributed by atoms with Crippen LogP contribution in [0.3, 0.4) is 0 Å². The Bertz CT molecular complexity index is 765. The third-order valence-electron chi connectivity index (χ3n) is 5.12. The van der Waals surface area contributed by atoms with Gasteiger partial charge in [-0.25, -0.2) is 0 Å². The molecule has 28 heavy (non-hydrogen) atoms. The van der Waals surface area contributed by atoms with E-state index in [1.54, 1.807) is 0 Å². The summed E-state index contributed by atoms with van der Waals surface area (Å²) >= 11 is 0.